The van der Waals surface area contributed by atoms with Gasteiger partial charge < -0.3 is 15.2 Å². The topological polar surface area (TPSA) is 140 Å². The molecular formula is C26H20Cl2N3NaO6S. The standard InChI is InChI=1S/C26H21Cl2N3O6S.Na/c1-3-37-20-10-9-16(27)13-19(20)29-26(33)18-12-15-6-4-5-7-17(15)24(25(18)32)31-30-23-14(2)8-11-21(22(23)28)38(34,35)36;/h4-13,32H,3H2,1-2H3,(H,29,33)(H,34,35,36);/q;+1/p-1. The molecule has 2 N–H and O–H groups in total. The Morgan fingerprint density at radius 2 is 1.74 bits per heavy atom. The van der Waals surface area contributed by atoms with Gasteiger partial charge in [-0.3, -0.25) is 9.35 Å². The van der Waals surface area contributed by atoms with Gasteiger partial charge in [0.15, 0.2) is 0 Å². The van der Waals surface area contributed by atoms with Crippen LogP contribution in [-0.2, 0) is 10.1 Å². The van der Waals surface area contributed by atoms with E-state index in [4.69, 9.17) is 27.9 Å². The number of carbonyl (C=O) groups is 1. The van der Waals surface area contributed by atoms with Crippen LogP contribution < -0.4 is 44.7 Å². The van der Waals surface area contributed by atoms with Gasteiger partial charge in [-0.05, 0) is 55.1 Å². The number of rotatable bonds is 7. The summed E-state index contributed by atoms with van der Waals surface area (Å²) in [5.41, 5.74) is 0.304. The van der Waals surface area contributed by atoms with Gasteiger partial charge in [-0.2, -0.15) is 13.5 Å². The van der Waals surface area contributed by atoms with Gasteiger partial charge in [-0.15, -0.1) is 5.11 Å². The summed E-state index contributed by atoms with van der Waals surface area (Å²) in [5, 5.41) is 25.2. The van der Waals surface area contributed by atoms with Crippen molar-refractivity contribution in [3.63, 3.8) is 0 Å². The second-order valence-corrected chi connectivity index (χ2v) is 10.3. The molecule has 0 fully saturated rings. The Kier molecular flexibility index (Phi) is 10.0. The first-order valence-electron chi connectivity index (χ1n) is 11.2. The maximum atomic E-state index is 13.5. The minimum Gasteiger partial charge on any atom is -0.870 e. The van der Waals surface area contributed by atoms with Gasteiger partial charge in [0, 0.05) is 16.0 Å². The molecule has 4 rings (SSSR count). The monoisotopic (exact) mass is 595 g/mol. The van der Waals surface area contributed by atoms with Crippen molar-refractivity contribution in [2.24, 2.45) is 10.2 Å². The number of carbonyl (C=O) groups excluding carboxylic acids is 1. The molecule has 4 aromatic carbocycles. The second kappa shape index (κ2) is 12.6. The quantitative estimate of drug-likeness (QED) is 0.189. The summed E-state index contributed by atoms with van der Waals surface area (Å²) in [7, 11) is -4.63. The minimum absolute atomic E-state index is 0. The number of hydrogen-bond acceptors (Lipinski definition) is 7. The minimum atomic E-state index is -4.63. The molecule has 4 aromatic rings. The average Bonchev–Trinajstić information content (AvgIpc) is 2.85. The fourth-order valence-corrected chi connectivity index (χ4v) is 4.99. The zero-order chi connectivity index (χ0) is 27.6. The molecule has 0 unspecified atom stereocenters. The van der Waals surface area contributed by atoms with E-state index in [9.17, 15) is 22.9 Å². The normalized spacial score (nSPS) is 11.4. The van der Waals surface area contributed by atoms with Crippen molar-refractivity contribution in [3.05, 3.63) is 81.8 Å². The van der Waals surface area contributed by atoms with Crippen molar-refractivity contribution in [2.75, 3.05) is 11.9 Å². The molecule has 1 amide bonds. The van der Waals surface area contributed by atoms with Gasteiger partial charge in [0.1, 0.15) is 16.3 Å². The molecule has 0 radical (unpaired) electrons. The number of azo groups is 1. The largest absolute Gasteiger partial charge is 1.00 e. The number of benzene rings is 4. The predicted octanol–water partition coefficient (Wildman–Crippen LogP) is 3.85. The van der Waals surface area contributed by atoms with Crippen LogP contribution in [0.4, 0.5) is 17.1 Å². The summed E-state index contributed by atoms with van der Waals surface area (Å²) < 4.78 is 38.3. The molecule has 0 aliphatic carbocycles. The van der Waals surface area contributed by atoms with Gasteiger partial charge in [-0.1, -0.05) is 59.3 Å². The number of aryl methyl sites for hydroxylation is 1. The van der Waals surface area contributed by atoms with Crippen LogP contribution >= 0.6 is 23.2 Å². The first-order valence-corrected chi connectivity index (χ1v) is 13.4. The van der Waals surface area contributed by atoms with Crippen molar-refractivity contribution < 1.29 is 57.2 Å². The van der Waals surface area contributed by atoms with E-state index in [0.717, 1.165) is 6.07 Å². The molecule has 196 valence electrons. The number of amides is 1. The van der Waals surface area contributed by atoms with Crippen LogP contribution in [0.25, 0.3) is 10.8 Å². The molecule has 13 heteroatoms. The SMILES string of the molecule is CCOc1ccc(Cl)cc1NC(=O)c1cc2ccccc2c(N=Nc2c(C)ccc(S(=O)(=O)O)c2Cl)c1[O-].[Na+]. The Morgan fingerprint density at radius 3 is 2.44 bits per heavy atom. The summed E-state index contributed by atoms with van der Waals surface area (Å²) in [6, 6.07) is 15.5. The third-order valence-electron chi connectivity index (χ3n) is 5.52. The Bertz CT molecular complexity index is 1710. The molecule has 0 aromatic heterocycles. The van der Waals surface area contributed by atoms with E-state index in [0.29, 0.717) is 33.7 Å². The zero-order valence-corrected chi connectivity index (χ0v) is 25.4. The average molecular weight is 596 g/mol. The van der Waals surface area contributed by atoms with Crippen LogP contribution in [0.5, 0.6) is 11.5 Å². The number of hydrogen-bond donors (Lipinski definition) is 2. The van der Waals surface area contributed by atoms with Crippen LogP contribution in [0.3, 0.4) is 0 Å². The van der Waals surface area contributed by atoms with Crippen LogP contribution in [-0.4, -0.2) is 25.5 Å². The molecule has 0 saturated carbocycles. The summed E-state index contributed by atoms with van der Waals surface area (Å²) in [6.07, 6.45) is 0. The summed E-state index contributed by atoms with van der Waals surface area (Å²) >= 11 is 12.3. The third kappa shape index (κ3) is 6.72. The van der Waals surface area contributed by atoms with Crippen LogP contribution in [0.2, 0.25) is 10.0 Å². The van der Waals surface area contributed by atoms with E-state index in [-0.39, 0.29) is 57.2 Å². The first-order chi connectivity index (χ1) is 18.0. The second-order valence-electron chi connectivity index (χ2n) is 8.07. The molecule has 0 spiro atoms. The van der Waals surface area contributed by atoms with Gasteiger partial charge in [0.05, 0.1) is 23.0 Å². The number of fused-ring (bicyclic) bond motifs is 1. The summed E-state index contributed by atoms with van der Waals surface area (Å²) in [5.74, 6) is -1.06. The Morgan fingerprint density at radius 1 is 1.05 bits per heavy atom. The van der Waals surface area contributed by atoms with Crippen molar-refractivity contribution in [1.29, 1.82) is 0 Å². The molecule has 0 heterocycles. The molecule has 0 aliphatic heterocycles. The van der Waals surface area contributed by atoms with E-state index >= 15 is 0 Å². The van der Waals surface area contributed by atoms with Crippen LogP contribution in [0.15, 0.2) is 75.8 Å². The fraction of sp³-hybridized carbons (Fsp3) is 0.115. The van der Waals surface area contributed by atoms with E-state index in [1.807, 2.05) is 0 Å². The van der Waals surface area contributed by atoms with E-state index in [1.54, 1.807) is 50.2 Å². The van der Waals surface area contributed by atoms with Crippen molar-refractivity contribution >= 4 is 67.1 Å². The van der Waals surface area contributed by atoms with E-state index in [2.05, 4.69) is 15.5 Å². The van der Waals surface area contributed by atoms with Crippen molar-refractivity contribution in [3.8, 4) is 11.5 Å². The third-order valence-corrected chi connectivity index (χ3v) is 7.15. The smallest absolute Gasteiger partial charge is 0.870 e. The maximum absolute atomic E-state index is 13.5. The molecular weight excluding hydrogens is 576 g/mol. The number of ether oxygens (including phenoxy) is 1. The Balaban J connectivity index is 0.00000420. The molecule has 9 nitrogen and oxygen atoms in total. The van der Waals surface area contributed by atoms with Gasteiger partial charge in [-0.25, -0.2) is 0 Å². The van der Waals surface area contributed by atoms with E-state index in [1.165, 1.54) is 18.2 Å². The van der Waals surface area contributed by atoms with Crippen molar-refractivity contribution in [1.82, 2.24) is 0 Å². The van der Waals surface area contributed by atoms with Gasteiger partial charge in [0.2, 0.25) is 0 Å². The molecule has 0 saturated heterocycles. The first kappa shape index (κ1) is 30.8. The Labute approximate surface area is 256 Å². The number of nitrogens with zero attached hydrogens (tertiary/aromatic N) is 2. The maximum Gasteiger partial charge on any atom is 1.00 e. The fourth-order valence-electron chi connectivity index (χ4n) is 3.71. The molecule has 0 bridgehead atoms. The number of nitrogens with one attached hydrogen (secondary N) is 1. The molecule has 0 aliphatic rings. The summed E-state index contributed by atoms with van der Waals surface area (Å²) in [6.45, 7) is 3.74. The van der Waals surface area contributed by atoms with Crippen LogP contribution in [0, 0.1) is 6.92 Å². The number of anilines is 1. The zero-order valence-electron chi connectivity index (χ0n) is 21.0. The van der Waals surface area contributed by atoms with Crippen LogP contribution in [0.1, 0.15) is 22.8 Å². The van der Waals surface area contributed by atoms with Gasteiger partial charge >= 0.3 is 29.6 Å². The summed E-state index contributed by atoms with van der Waals surface area (Å²) in [4.78, 5) is 12.7. The predicted molar refractivity (Wildman–Crippen MR) is 144 cm³/mol. The molecule has 39 heavy (non-hydrogen) atoms. The van der Waals surface area contributed by atoms with Gasteiger partial charge in [0.25, 0.3) is 16.0 Å². The molecule has 0 atom stereocenters. The van der Waals surface area contributed by atoms with Crippen molar-refractivity contribution in [2.45, 2.75) is 18.7 Å². The number of halogens is 2. The van der Waals surface area contributed by atoms with E-state index < -0.39 is 26.7 Å². The Hall–Kier alpha value is -2.70.